The molecule has 1 N–H and O–H groups in total. The number of amides is 2. The molecule has 0 aliphatic rings. The number of benzene rings is 2. The Kier molecular flexibility index (Phi) is 6.89. The van der Waals surface area contributed by atoms with E-state index in [4.69, 9.17) is 0 Å². The van der Waals surface area contributed by atoms with Crippen molar-refractivity contribution in [2.45, 2.75) is 40.2 Å². The highest BCUT2D eigenvalue weighted by molar-refractivity contribution is 5.95. The summed E-state index contributed by atoms with van der Waals surface area (Å²) in [6, 6.07) is 11.9. The molecule has 4 nitrogen and oxygen atoms in total. The molecule has 5 heteroatoms. The fourth-order valence-corrected chi connectivity index (χ4v) is 2.84. The summed E-state index contributed by atoms with van der Waals surface area (Å²) < 4.78 is 13.0. The van der Waals surface area contributed by atoms with E-state index in [1.807, 2.05) is 32.0 Å². The maximum absolute atomic E-state index is 13.0. The van der Waals surface area contributed by atoms with Gasteiger partial charge in [0, 0.05) is 19.2 Å². The second kappa shape index (κ2) is 9.13. The van der Waals surface area contributed by atoms with Crippen molar-refractivity contribution in [1.82, 2.24) is 4.90 Å². The van der Waals surface area contributed by atoms with Crippen LogP contribution in [-0.4, -0.2) is 23.3 Å². The number of hydrogen-bond acceptors (Lipinski definition) is 2. The van der Waals surface area contributed by atoms with Crippen molar-refractivity contribution in [3.8, 4) is 0 Å². The van der Waals surface area contributed by atoms with Gasteiger partial charge in [-0.3, -0.25) is 9.59 Å². The van der Waals surface area contributed by atoms with Crippen LogP contribution in [0, 0.1) is 5.82 Å². The zero-order chi connectivity index (χ0) is 19.1. The predicted octanol–water partition coefficient (Wildman–Crippen LogP) is 3.94. The Hall–Kier alpha value is -2.69. The second-order valence-electron chi connectivity index (χ2n) is 6.21. The Labute approximate surface area is 154 Å². The van der Waals surface area contributed by atoms with Crippen LogP contribution in [0.3, 0.4) is 0 Å². The molecule has 0 aliphatic heterocycles. The Morgan fingerprint density at radius 1 is 1.00 bits per heavy atom. The molecule has 0 aromatic heterocycles. The van der Waals surface area contributed by atoms with Crippen molar-refractivity contribution >= 4 is 17.5 Å². The first-order chi connectivity index (χ1) is 12.4. The molecule has 2 rings (SSSR count). The van der Waals surface area contributed by atoms with Crippen LogP contribution >= 0.6 is 0 Å². The average molecular weight is 356 g/mol. The molecule has 0 aliphatic carbocycles. The first-order valence-electron chi connectivity index (χ1n) is 8.85. The molecule has 26 heavy (non-hydrogen) atoms. The van der Waals surface area contributed by atoms with Gasteiger partial charge in [0.05, 0.1) is 0 Å². The average Bonchev–Trinajstić information content (AvgIpc) is 2.63. The summed E-state index contributed by atoms with van der Waals surface area (Å²) in [5, 5.41) is 2.97. The number of nitrogens with one attached hydrogen (secondary N) is 1. The lowest BCUT2D eigenvalue weighted by atomic mass is 10.0. The monoisotopic (exact) mass is 356 g/mol. The molecular formula is C21H25FN2O2. The number of hydrogen-bond donors (Lipinski definition) is 1. The van der Waals surface area contributed by atoms with E-state index < -0.39 is 0 Å². The lowest BCUT2D eigenvalue weighted by Crippen LogP contribution is -2.36. The lowest BCUT2D eigenvalue weighted by Gasteiger charge is -2.22. The number of carbonyl (C=O) groups is 2. The summed E-state index contributed by atoms with van der Waals surface area (Å²) in [7, 11) is 0. The van der Waals surface area contributed by atoms with Gasteiger partial charge >= 0.3 is 0 Å². The van der Waals surface area contributed by atoms with E-state index >= 15 is 0 Å². The van der Waals surface area contributed by atoms with Gasteiger partial charge in [0.2, 0.25) is 11.8 Å². The maximum atomic E-state index is 13.0. The van der Waals surface area contributed by atoms with Gasteiger partial charge < -0.3 is 10.2 Å². The van der Waals surface area contributed by atoms with E-state index in [0.717, 1.165) is 35.2 Å². The quantitative estimate of drug-likeness (QED) is 0.817. The summed E-state index contributed by atoms with van der Waals surface area (Å²) in [6.07, 6.45) is 1.63. The van der Waals surface area contributed by atoms with Crippen LogP contribution < -0.4 is 5.32 Å². The van der Waals surface area contributed by atoms with Crippen molar-refractivity contribution in [1.29, 1.82) is 0 Å². The fraction of sp³-hybridized carbons (Fsp3) is 0.333. The van der Waals surface area contributed by atoms with Crippen molar-refractivity contribution in [2.24, 2.45) is 0 Å². The molecule has 0 saturated carbocycles. The lowest BCUT2D eigenvalue weighted by molar-refractivity contribution is -0.133. The molecule has 0 atom stereocenters. The Morgan fingerprint density at radius 2 is 1.58 bits per heavy atom. The highest BCUT2D eigenvalue weighted by Crippen LogP contribution is 2.22. The summed E-state index contributed by atoms with van der Waals surface area (Å²) in [6.45, 7) is 5.73. The molecule has 0 fully saturated rings. The van der Waals surface area contributed by atoms with Gasteiger partial charge in [-0.05, 0) is 41.7 Å². The molecule has 0 saturated heterocycles. The van der Waals surface area contributed by atoms with Crippen molar-refractivity contribution in [3.05, 3.63) is 65.0 Å². The van der Waals surface area contributed by atoms with Gasteiger partial charge in [0.15, 0.2) is 0 Å². The summed E-state index contributed by atoms with van der Waals surface area (Å²) in [5.41, 5.74) is 3.77. The third-order valence-electron chi connectivity index (χ3n) is 4.33. The summed E-state index contributed by atoms with van der Waals surface area (Å²) >= 11 is 0. The Balaban J connectivity index is 2.11. The smallest absolute Gasteiger partial charge is 0.244 e. The van der Waals surface area contributed by atoms with Gasteiger partial charge in [-0.1, -0.05) is 44.2 Å². The van der Waals surface area contributed by atoms with Crippen LogP contribution in [0.1, 0.15) is 37.5 Å². The van der Waals surface area contributed by atoms with Crippen LogP contribution in [0.15, 0.2) is 42.5 Å². The van der Waals surface area contributed by atoms with E-state index in [1.165, 1.54) is 24.0 Å². The Morgan fingerprint density at radius 3 is 2.08 bits per heavy atom. The van der Waals surface area contributed by atoms with Crippen LogP contribution in [0.5, 0.6) is 0 Å². The first-order valence-corrected chi connectivity index (χ1v) is 8.85. The molecular weight excluding hydrogens is 331 g/mol. The third kappa shape index (κ3) is 5.15. The van der Waals surface area contributed by atoms with Crippen LogP contribution in [-0.2, 0) is 29.0 Å². The minimum Gasteiger partial charge on any atom is -0.329 e. The van der Waals surface area contributed by atoms with Crippen molar-refractivity contribution < 1.29 is 14.0 Å². The molecule has 0 spiro atoms. The van der Waals surface area contributed by atoms with Crippen LogP contribution in [0.25, 0.3) is 0 Å². The standard InChI is InChI=1S/C21H25FN2O2/c1-4-17-7-6-8-18(5-2)21(17)23-20(26)14-24(15(3)25)13-16-9-11-19(22)12-10-16/h6-12H,4-5,13-14H2,1-3H3,(H,23,26). The van der Waals surface area contributed by atoms with Gasteiger partial charge in [0.25, 0.3) is 0 Å². The fourth-order valence-electron chi connectivity index (χ4n) is 2.84. The zero-order valence-corrected chi connectivity index (χ0v) is 15.5. The predicted molar refractivity (Wildman–Crippen MR) is 101 cm³/mol. The topological polar surface area (TPSA) is 49.4 Å². The number of para-hydroxylation sites is 1. The maximum Gasteiger partial charge on any atom is 0.244 e. The molecule has 2 amide bonds. The van der Waals surface area contributed by atoms with Gasteiger partial charge in [-0.15, -0.1) is 0 Å². The number of nitrogens with zero attached hydrogens (tertiary/aromatic N) is 1. The molecule has 0 unspecified atom stereocenters. The molecule has 0 radical (unpaired) electrons. The largest absolute Gasteiger partial charge is 0.329 e. The molecule has 0 bridgehead atoms. The second-order valence-corrected chi connectivity index (χ2v) is 6.21. The normalized spacial score (nSPS) is 10.5. The number of carbonyl (C=O) groups excluding carboxylic acids is 2. The number of rotatable bonds is 7. The van der Waals surface area contributed by atoms with E-state index in [2.05, 4.69) is 5.32 Å². The molecule has 2 aromatic carbocycles. The van der Waals surface area contributed by atoms with Crippen LogP contribution in [0.4, 0.5) is 10.1 Å². The van der Waals surface area contributed by atoms with Crippen LogP contribution in [0.2, 0.25) is 0 Å². The molecule has 138 valence electrons. The molecule has 2 aromatic rings. The Bertz CT molecular complexity index is 750. The first kappa shape index (κ1) is 19.6. The highest BCUT2D eigenvalue weighted by atomic mass is 19.1. The van der Waals surface area contributed by atoms with E-state index in [1.54, 1.807) is 12.1 Å². The van der Waals surface area contributed by atoms with Gasteiger partial charge in [0.1, 0.15) is 12.4 Å². The molecule has 0 heterocycles. The van der Waals surface area contributed by atoms with Crippen molar-refractivity contribution in [2.75, 3.05) is 11.9 Å². The third-order valence-corrected chi connectivity index (χ3v) is 4.33. The number of anilines is 1. The zero-order valence-electron chi connectivity index (χ0n) is 15.5. The number of aryl methyl sites for hydroxylation is 2. The summed E-state index contributed by atoms with van der Waals surface area (Å²) in [4.78, 5) is 25.9. The summed E-state index contributed by atoms with van der Waals surface area (Å²) in [5.74, 6) is -0.772. The van der Waals surface area contributed by atoms with E-state index in [-0.39, 0.29) is 30.7 Å². The van der Waals surface area contributed by atoms with E-state index in [0.29, 0.717) is 0 Å². The minimum absolute atomic E-state index is 0.0477. The highest BCUT2D eigenvalue weighted by Gasteiger charge is 2.16. The minimum atomic E-state index is -0.330. The van der Waals surface area contributed by atoms with Gasteiger partial charge in [-0.25, -0.2) is 4.39 Å². The van der Waals surface area contributed by atoms with E-state index in [9.17, 15) is 14.0 Å². The van der Waals surface area contributed by atoms with Gasteiger partial charge in [-0.2, -0.15) is 0 Å². The SMILES string of the molecule is CCc1cccc(CC)c1NC(=O)CN(Cc1ccc(F)cc1)C(C)=O. The van der Waals surface area contributed by atoms with Crippen molar-refractivity contribution in [3.63, 3.8) is 0 Å². The number of halogens is 1.